The van der Waals surface area contributed by atoms with E-state index in [0.717, 1.165) is 0 Å². The number of nitrogen functional groups attached to an aromatic ring is 1. The highest BCUT2D eigenvalue weighted by Gasteiger charge is 2.19. The van der Waals surface area contributed by atoms with Gasteiger partial charge in [-0.2, -0.15) is 0 Å². The van der Waals surface area contributed by atoms with E-state index < -0.39 is 23.5 Å². The molecule has 2 aromatic carbocycles. The standard InChI is InChI=1S/C13H13FO3.C6H6FN/c1-8(2)12(15)11(13(16)17)7-9-3-5-10(14)6-4-9;7-5-1-3-6(8)4-2-5/h3-8H,1-2H3,(H,16,17);1-4H,8H2. The maximum atomic E-state index is 12.7. The molecule has 0 fully saturated rings. The van der Waals surface area contributed by atoms with Crippen molar-refractivity contribution in [1.82, 2.24) is 0 Å². The Morgan fingerprint density at radius 3 is 1.76 bits per heavy atom. The van der Waals surface area contributed by atoms with Crippen molar-refractivity contribution < 1.29 is 23.5 Å². The van der Waals surface area contributed by atoms with E-state index in [1.54, 1.807) is 13.8 Å². The third-order valence-corrected chi connectivity index (χ3v) is 3.07. The van der Waals surface area contributed by atoms with E-state index in [1.165, 1.54) is 54.6 Å². The summed E-state index contributed by atoms with van der Waals surface area (Å²) in [5, 5.41) is 8.95. The molecule has 6 heteroatoms. The third kappa shape index (κ3) is 6.95. The summed E-state index contributed by atoms with van der Waals surface area (Å²) >= 11 is 0. The van der Waals surface area contributed by atoms with Crippen molar-refractivity contribution in [2.45, 2.75) is 13.8 Å². The van der Waals surface area contributed by atoms with Crippen molar-refractivity contribution in [3.63, 3.8) is 0 Å². The Hall–Kier alpha value is -3.02. The van der Waals surface area contributed by atoms with Crippen LogP contribution in [0.4, 0.5) is 14.5 Å². The van der Waals surface area contributed by atoms with E-state index in [0.29, 0.717) is 11.3 Å². The molecule has 25 heavy (non-hydrogen) atoms. The summed E-state index contributed by atoms with van der Waals surface area (Å²) in [6.07, 6.45) is 1.25. The minimum absolute atomic E-state index is 0.251. The Morgan fingerprint density at radius 1 is 0.960 bits per heavy atom. The first-order valence-electron chi connectivity index (χ1n) is 7.46. The lowest BCUT2D eigenvalue weighted by molar-refractivity contribution is -0.135. The Balaban J connectivity index is 0.000000324. The zero-order chi connectivity index (χ0) is 19.0. The molecule has 2 rings (SSSR count). The molecule has 0 atom stereocenters. The zero-order valence-electron chi connectivity index (χ0n) is 13.9. The smallest absolute Gasteiger partial charge is 0.339 e. The molecular weight excluding hydrogens is 328 g/mol. The lowest BCUT2D eigenvalue weighted by atomic mass is 9.99. The van der Waals surface area contributed by atoms with Crippen LogP contribution in [0.25, 0.3) is 6.08 Å². The summed E-state index contributed by atoms with van der Waals surface area (Å²) in [5.41, 5.74) is 6.05. The molecule has 0 aliphatic rings. The van der Waals surface area contributed by atoms with Crippen LogP contribution in [0.3, 0.4) is 0 Å². The zero-order valence-corrected chi connectivity index (χ0v) is 13.9. The molecule has 0 spiro atoms. The van der Waals surface area contributed by atoms with E-state index in [9.17, 15) is 18.4 Å². The first-order chi connectivity index (χ1) is 11.7. The van der Waals surface area contributed by atoms with Crippen LogP contribution in [0, 0.1) is 17.6 Å². The summed E-state index contributed by atoms with van der Waals surface area (Å²) in [6.45, 7) is 3.26. The molecule has 0 aliphatic carbocycles. The number of ketones is 1. The lowest BCUT2D eigenvalue weighted by Crippen LogP contribution is -2.17. The molecule has 0 heterocycles. The molecule has 0 saturated heterocycles. The Kier molecular flexibility index (Phi) is 7.46. The maximum absolute atomic E-state index is 12.7. The van der Waals surface area contributed by atoms with E-state index in [4.69, 9.17) is 10.8 Å². The van der Waals surface area contributed by atoms with E-state index in [1.807, 2.05) is 0 Å². The van der Waals surface area contributed by atoms with Gasteiger partial charge in [0.05, 0.1) is 0 Å². The number of aliphatic carboxylic acids is 1. The quantitative estimate of drug-likeness (QED) is 0.380. The molecule has 3 N–H and O–H groups in total. The second-order valence-corrected chi connectivity index (χ2v) is 5.49. The fraction of sp³-hybridized carbons (Fsp3) is 0.158. The minimum atomic E-state index is -1.27. The Bertz CT molecular complexity index is 730. The second-order valence-electron chi connectivity index (χ2n) is 5.49. The molecule has 132 valence electrons. The van der Waals surface area contributed by atoms with Gasteiger partial charge in [0.15, 0.2) is 5.78 Å². The predicted octanol–water partition coefficient (Wildman–Crippen LogP) is 3.93. The molecule has 0 bridgehead atoms. The molecule has 0 saturated carbocycles. The summed E-state index contributed by atoms with van der Waals surface area (Å²) in [4.78, 5) is 22.6. The average Bonchev–Trinajstić information content (AvgIpc) is 2.56. The predicted molar refractivity (Wildman–Crippen MR) is 92.7 cm³/mol. The van der Waals surface area contributed by atoms with Crippen LogP contribution in [-0.2, 0) is 9.59 Å². The van der Waals surface area contributed by atoms with Crippen LogP contribution in [-0.4, -0.2) is 16.9 Å². The van der Waals surface area contributed by atoms with Crippen LogP contribution < -0.4 is 5.73 Å². The highest BCUT2D eigenvalue weighted by Crippen LogP contribution is 2.13. The number of carboxylic acids is 1. The monoisotopic (exact) mass is 347 g/mol. The molecule has 2 aromatic rings. The molecule has 0 radical (unpaired) electrons. The van der Waals surface area contributed by atoms with Crippen molar-refractivity contribution in [3.05, 3.63) is 71.3 Å². The minimum Gasteiger partial charge on any atom is -0.478 e. The van der Waals surface area contributed by atoms with E-state index >= 15 is 0 Å². The van der Waals surface area contributed by atoms with Gasteiger partial charge in [0.2, 0.25) is 0 Å². The molecular formula is C19H19F2NO3. The van der Waals surface area contributed by atoms with Gasteiger partial charge >= 0.3 is 5.97 Å². The maximum Gasteiger partial charge on any atom is 0.339 e. The van der Waals surface area contributed by atoms with Crippen molar-refractivity contribution in [1.29, 1.82) is 0 Å². The third-order valence-electron chi connectivity index (χ3n) is 3.07. The summed E-state index contributed by atoms with van der Waals surface area (Å²) < 4.78 is 24.7. The van der Waals surface area contributed by atoms with Gasteiger partial charge in [0, 0.05) is 11.6 Å². The SMILES string of the molecule is CC(C)C(=O)C(=Cc1ccc(F)cc1)C(=O)O.Nc1ccc(F)cc1. The molecule has 0 amide bonds. The highest BCUT2D eigenvalue weighted by atomic mass is 19.1. The Labute approximate surface area is 144 Å². The number of benzene rings is 2. The number of carbonyl (C=O) groups is 2. The normalized spacial score (nSPS) is 10.8. The average molecular weight is 347 g/mol. The van der Waals surface area contributed by atoms with E-state index in [-0.39, 0.29) is 11.4 Å². The number of carboxylic acid groups (broad SMARTS) is 1. The van der Waals surface area contributed by atoms with Crippen LogP contribution in [0.5, 0.6) is 0 Å². The van der Waals surface area contributed by atoms with Gasteiger partial charge in [-0.3, -0.25) is 4.79 Å². The highest BCUT2D eigenvalue weighted by molar-refractivity contribution is 6.20. The number of rotatable bonds is 4. The van der Waals surface area contributed by atoms with Crippen LogP contribution in [0.15, 0.2) is 54.1 Å². The van der Waals surface area contributed by atoms with Gasteiger partial charge in [-0.25, -0.2) is 13.6 Å². The van der Waals surface area contributed by atoms with Gasteiger partial charge < -0.3 is 10.8 Å². The molecule has 4 nitrogen and oxygen atoms in total. The number of anilines is 1. The van der Waals surface area contributed by atoms with Gasteiger partial charge in [-0.1, -0.05) is 26.0 Å². The molecule has 0 unspecified atom stereocenters. The number of nitrogens with two attached hydrogens (primary N) is 1. The van der Waals surface area contributed by atoms with Gasteiger partial charge in [0.25, 0.3) is 0 Å². The Morgan fingerprint density at radius 2 is 1.40 bits per heavy atom. The fourth-order valence-electron chi connectivity index (χ4n) is 1.74. The van der Waals surface area contributed by atoms with Crippen molar-refractivity contribution >= 4 is 23.5 Å². The van der Waals surface area contributed by atoms with Crippen molar-refractivity contribution in [2.24, 2.45) is 5.92 Å². The topological polar surface area (TPSA) is 80.4 Å². The lowest BCUT2D eigenvalue weighted by Gasteiger charge is -2.04. The number of carbonyl (C=O) groups excluding carboxylic acids is 1. The van der Waals surface area contributed by atoms with Crippen LogP contribution >= 0.6 is 0 Å². The number of hydrogen-bond donors (Lipinski definition) is 2. The van der Waals surface area contributed by atoms with Crippen molar-refractivity contribution in [2.75, 3.05) is 5.73 Å². The summed E-state index contributed by atoms with van der Waals surface area (Å²) in [7, 11) is 0. The summed E-state index contributed by atoms with van der Waals surface area (Å²) in [6, 6.07) is 11.0. The fourth-order valence-corrected chi connectivity index (χ4v) is 1.74. The first-order valence-corrected chi connectivity index (χ1v) is 7.46. The number of halogens is 2. The van der Waals surface area contributed by atoms with E-state index in [2.05, 4.69) is 0 Å². The second kappa shape index (κ2) is 9.32. The van der Waals surface area contributed by atoms with Crippen LogP contribution in [0.1, 0.15) is 19.4 Å². The first kappa shape index (κ1) is 20.0. The number of Topliss-reactive ketones (excluding diaryl/α,β-unsaturated/α-hetero) is 1. The number of hydrogen-bond acceptors (Lipinski definition) is 3. The van der Waals surface area contributed by atoms with Crippen LogP contribution in [0.2, 0.25) is 0 Å². The van der Waals surface area contributed by atoms with Gasteiger partial charge in [-0.15, -0.1) is 0 Å². The van der Waals surface area contributed by atoms with Gasteiger partial charge in [0.1, 0.15) is 17.2 Å². The van der Waals surface area contributed by atoms with Gasteiger partial charge in [-0.05, 0) is 48.0 Å². The molecule has 0 aliphatic heterocycles. The summed E-state index contributed by atoms with van der Waals surface area (Å²) in [5.74, 6) is -2.76. The molecule has 0 aromatic heterocycles. The van der Waals surface area contributed by atoms with Crippen molar-refractivity contribution in [3.8, 4) is 0 Å². The largest absolute Gasteiger partial charge is 0.478 e.